The van der Waals surface area contributed by atoms with Gasteiger partial charge in [0.05, 0.1) is 11.4 Å². The summed E-state index contributed by atoms with van der Waals surface area (Å²) in [6.45, 7) is 5.50. The molecule has 26 heavy (non-hydrogen) atoms. The maximum absolute atomic E-state index is 12.7. The van der Waals surface area contributed by atoms with E-state index in [9.17, 15) is 13.2 Å². The largest absolute Gasteiger partial charge is 0.360 e. The molecule has 1 N–H and O–H groups in total. The fourth-order valence-corrected chi connectivity index (χ4v) is 4.39. The van der Waals surface area contributed by atoms with Crippen LogP contribution in [-0.2, 0) is 14.8 Å². The van der Waals surface area contributed by atoms with Crippen molar-refractivity contribution in [2.45, 2.75) is 18.7 Å². The Morgan fingerprint density at radius 3 is 2.54 bits per heavy atom. The van der Waals surface area contributed by atoms with Gasteiger partial charge < -0.3 is 9.84 Å². The molecule has 0 spiro atoms. The summed E-state index contributed by atoms with van der Waals surface area (Å²) < 4.78 is 31.8. The molecule has 1 aromatic heterocycles. The first-order valence-corrected chi connectivity index (χ1v) is 9.81. The quantitative estimate of drug-likeness (QED) is 0.841. The molecule has 0 radical (unpaired) electrons. The molecule has 0 bridgehead atoms. The molecule has 2 aromatic rings. The van der Waals surface area contributed by atoms with E-state index in [2.05, 4.69) is 10.5 Å². The normalized spacial score (nSPS) is 16.5. The van der Waals surface area contributed by atoms with Crippen LogP contribution in [0.4, 0.5) is 5.82 Å². The zero-order valence-electron chi connectivity index (χ0n) is 14.8. The molecule has 1 fully saturated rings. The van der Waals surface area contributed by atoms with Crippen molar-refractivity contribution < 1.29 is 17.7 Å². The maximum atomic E-state index is 12.7. The van der Waals surface area contributed by atoms with E-state index >= 15 is 0 Å². The first kappa shape index (κ1) is 18.6. The third-order valence-electron chi connectivity index (χ3n) is 4.22. The molecule has 9 heteroatoms. The van der Waals surface area contributed by atoms with Gasteiger partial charge in [-0.15, -0.1) is 0 Å². The van der Waals surface area contributed by atoms with E-state index in [1.54, 1.807) is 31.2 Å². The van der Waals surface area contributed by atoms with Crippen LogP contribution in [0.1, 0.15) is 11.3 Å². The third-order valence-corrected chi connectivity index (χ3v) is 6.12. The molecular formula is C17H22N4O4S. The topological polar surface area (TPSA) is 95.8 Å². The lowest BCUT2D eigenvalue weighted by Crippen LogP contribution is -2.50. The number of nitrogens with one attached hydrogen (secondary N) is 1. The number of sulfonamides is 1. The number of carbonyl (C=O) groups is 1. The molecule has 0 unspecified atom stereocenters. The lowest BCUT2D eigenvalue weighted by molar-refractivity contribution is -0.117. The number of hydrogen-bond donors (Lipinski definition) is 1. The Morgan fingerprint density at radius 2 is 1.92 bits per heavy atom. The highest BCUT2D eigenvalue weighted by Gasteiger charge is 2.29. The Morgan fingerprint density at radius 1 is 1.19 bits per heavy atom. The second-order valence-corrected chi connectivity index (χ2v) is 8.31. The SMILES string of the molecule is Cc1cccc(S(=O)(=O)N2CCN(CC(=O)Nc3cc(C)on3)CC2)c1. The lowest BCUT2D eigenvalue weighted by Gasteiger charge is -2.33. The fraction of sp³-hybridized carbons (Fsp3) is 0.412. The van der Waals surface area contributed by atoms with Crippen LogP contribution in [0.15, 0.2) is 39.8 Å². The molecule has 3 rings (SSSR count). The number of rotatable bonds is 5. The van der Waals surface area contributed by atoms with Crippen molar-refractivity contribution in [3.63, 3.8) is 0 Å². The van der Waals surface area contributed by atoms with Crippen LogP contribution in [0.3, 0.4) is 0 Å². The second-order valence-electron chi connectivity index (χ2n) is 6.37. The molecule has 8 nitrogen and oxygen atoms in total. The molecule has 1 aliphatic heterocycles. The van der Waals surface area contributed by atoms with Gasteiger partial charge >= 0.3 is 0 Å². The second kappa shape index (κ2) is 7.56. The van der Waals surface area contributed by atoms with Crippen molar-refractivity contribution in [3.05, 3.63) is 41.7 Å². The van der Waals surface area contributed by atoms with Crippen LogP contribution < -0.4 is 5.32 Å². The predicted molar refractivity (Wildman–Crippen MR) is 96.2 cm³/mol. The van der Waals surface area contributed by atoms with Crippen molar-refractivity contribution in [2.24, 2.45) is 0 Å². The molecule has 1 aliphatic rings. The van der Waals surface area contributed by atoms with E-state index < -0.39 is 10.0 Å². The summed E-state index contributed by atoms with van der Waals surface area (Å²) in [7, 11) is -3.50. The standard InChI is InChI=1S/C17H22N4O4S/c1-13-4-3-5-15(10-13)26(23,24)21-8-6-20(7-9-21)12-17(22)18-16-11-14(2)25-19-16/h3-5,10-11H,6-9,12H2,1-2H3,(H,18,19,22). The van der Waals surface area contributed by atoms with Crippen LogP contribution in [0.2, 0.25) is 0 Å². The highest BCUT2D eigenvalue weighted by molar-refractivity contribution is 7.89. The van der Waals surface area contributed by atoms with E-state index in [1.165, 1.54) is 4.31 Å². The van der Waals surface area contributed by atoms with Gasteiger partial charge in [0, 0.05) is 32.2 Å². The van der Waals surface area contributed by atoms with Crippen molar-refractivity contribution in [2.75, 3.05) is 38.0 Å². The van der Waals surface area contributed by atoms with Crippen molar-refractivity contribution in [3.8, 4) is 0 Å². The van der Waals surface area contributed by atoms with E-state index in [-0.39, 0.29) is 12.5 Å². The molecule has 0 atom stereocenters. The van der Waals surface area contributed by atoms with Gasteiger partial charge in [0.2, 0.25) is 15.9 Å². The molecular weight excluding hydrogens is 356 g/mol. The van der Waals surface area contributed by atoms with Crippen molar-refractivity contribution in [1.29, 1.82) is 0 Å². The van der Waals surface area contributed by atoms with Gasteiger partial charge in [-0.05, 0) is 31.5 Å². The van der Waals surface area contributed by atoms with Crippen LogP contribution in [0, 0.1) is 13.8 Å². The van der Waals surface area contributed by atoms with Crippen molar-refractivity contribution >= 4 is 21.7 Å². The number of nitrogens with zero attached hydrogens (tertiary/aromatic N) is 3. The van der Waals surface area contributed by atoms with E-state index in [0.717, 1.165) is 5.56 Å². The Kier molecular flexibility index (Phi) is 5.40. The van der Waals surface area contributed by atoms with Crippen LogP contribution in [0.5, 0.6) is 0 Å². The average molecular weight is 378 g/mol. The Balaban J connectivity index is 1.54. The maximum Gasteiger partial charge on any atom is 0.243 e. The molecule has 0 saturated carbocycles. The van der Waals surface area contributed by atoms with Crippen LogP contribution in [-0.4, -0.2) is 61.4 Å². The Bertz CT molecular complexity index is 886. The van der Waals surface area contributed by atoms with Gasteiger partial charge in [-0.25, -0.2) is 8.42 Å². The average Bonchev–Trinajstić information content (AvgIpc) is 3.00. The highest BCUT2D eigenvalue weighted by Crippen LogP contribution is 2.18. The summed E-state index contributed by atoms with van der Waals surface area (Å²) >= 11 is 0. The number of aromatic nitrogens is 1. The third kappa shape index (κ3) is 4.29. The first-order chi connectivity index (χ1) is 12.3. The summed E-state index contributed by atoms with van der Waals surface area (Å²) in [5.74, 6) is 0.803. The zero-order valence-corrected chi connectivity index (χ0v) is 15.6. The number of piperazine rings is 1. The number of carbonyl (C=O) groups excluding carboxylic acids is 1. The number of hydrogen-bond acceptors (Lipinski definition) is 6. The molecule has 0 aliphatic carbocycles. The molecule has 140 valence electrons. The summed E-state index contributed by atoms with van der Waals surface area (Å²) in [6, 6.07) is 8.54. The molecule has 1 amide bonds. The number of anilines is 1. The smallest absolute Gasteiger partial charge is 0.243 e. The number of benzene rings is 1. The van der Waals surface area contributed by atoms with Crippen LogP contribution >= 0.6 is 0 Å². The first-order valence-electron chi connectivity index (χ1n) is 8.37. The summed E-state index contributed by atoms with van der Waals surface area (Å²) in [5, 5.41) is 6.39. The minimum atomic E-state index is -3.50. The monoisotopic (exact) mass is 378 g/mol. The highest BCUT2D eigenvalue weighted by atomic mass is 32.2. The van der Waals surface area contributed by atoms with Crippen LogP contribution in [0.25, 0.3) is 0 Å². The minimum absolute atomic E-state index is 0.185. The summed E-state index contributed by atoms with van der Waals surface area (Å²) in [6.07, 6.45) is 0. The molecule has 1 aromatic carbocycles. The Labute approximate surface area is 152 Å². The summed E-state index contributed by atoms with van der Waals surface area (Å²) in [4.78, 5) is 14.3. The lowest BCUT2D eigenvalue weighted by atomic mass is 10.2. The van der Waals surface area contributed by atoms with Gasteiger partial charge in [0.25, 0.3) is 0 Å². The van der Waals surface area contributed by atoms with Gasteiger partial charge in [0.15, 0.2) is 5.82 Å². The minimum Gasteiger partial charge on any atom is -0.360 e. The van der Waals surface area contributed by atoms with E-state index in [1.807, 2.05) is 17.9 Å². The van der Waals surface area contributed by atoms with Gasteiger partial charge in [-0.2, -0.15) is 4.31 Å². The van der Waals surface area contributed by atoms with Gasteiger partial charge in [-0.3, -0.25) is 9.69 Å². The van der Waals surface area contributed by atoms with Gasteiger partial charge in [-0.1, -0.05) is 17.3 Å². The van der Waals surface area contributed by atoms with E-state index in [4.69, 9.17) is 4.52 Å². The zero-order chi connectivity index (χ0) is 18.7. The molecule has 1 saturated heterocycles. The number of aryl methyl sites for hydroxylation is 2. The fourth-order valence-electron chi connectivity index (χ4n) is 2.86. The van der Waals surface area contributed by atoms with Gasteiger partial charge in [0.1, 0.15) is 5.76 Å². The van der Waals surface area contributed by atoms with Crippen molar-refractivity contribution in [1.82, 2.24) is 14.4 Å². The predicted octanol–water partition coefficient (Wildman–Crippen LogP) is 1.24. The summed E-state index contributed by atoms with van der Waals surface area (Å²) in [5.41, 5.74) is 0.907. The Hall–Kier alpha value is -2.23. The molecule has 2 heterocycles. The van der Waals surface area contributed by atoms with E-state index in [0.29, 0.717) is 42.7 Å². The number of amides is 1.